The Kier molecular flexibility index (Phi) is 5.54. The number of aromatic nitrogens is 2. The van der Waals surface area contributed by atoms with E-state index in [0.717, 1.165) is 23.8 Å². The van der Waals surface area contributed by atoms with E-state index in [1.165, 1.54) is 6.07 Å². The molecule has 3 heterocycles. The van der Waals surface area contributed by atoms with Crippen molar-refractivity contribution in [2.75, 3.05) is 0 Å². The number of amides is 1. The number of carbonyl (C=O) groups is 1. The molecule has 3 aromatic rings. The molecular weight excluding hydrogens is 412 g/mol. The number of nitrogens with zero attached hydrogens (tertiary/aromatic N) is 2. The minimum absolute atomic E-state index is 0.00365. The molecule has 0 atom stereocenters. The third-order valence-corrected chi connectivity index (χ3v) is 5.48. The molecule has 32 heavy (non-hydrogen) atoms. The van der Waals surface area contributed by atoms with Gasteiger partial charge in [-0.05, 0) is 65.2 Å². The van der Waals surface area contributed by atoms with Gasteiger partial charge in [-0.15, -0.1) is 0 Å². The predicted octanol–water partition coefficient (Wildman–Crippen LogP) is 3.10. The first-order chi connectivity index (χ1) is 15.0. The summed E-state index contributed by atoms with van der Waals surface area (Å²) in [7, 11) is 0. The number of hydrogen-bond acceptors (Lipinski definition) is 8. The molecule has 1 aromatic carbocycles. The second kappa shape index (κ2) is 8.05. The van der Waals surface area contributed by atoms with Crippen molar-refractivity contribution in [3.05, 3.63) is 52.0 Å². The molecule has 170 valence electrons. The number of ether oxygens (including phenoxy) is 1. The molecule has 1 saturated heterocycles. The maximum atomic E-state index is 12.6. The molecule has 1 aliphatic heterocycles. The molecular formula is C23H28N4O5. The molecule has 9 nitrogen and oxygen atoms in total. The highest BCUT2D eigenvalue weighted by Gasteiger charge is 2.38. The molecule has 2 N–H and O–H groups in total. The van der Waals surface area contributed by atoms with Gasteiger partial charge in [0, 0.05) is 34.6 Å². The second-order valence-corrected chi connectivity index (χ2v) is 9.68. The average Bonchev–Trinajstić information content (AvgIpc) is 3.12. The molecule has 0 bridgehead atoms. The Labute approximate surface area is 185 Å². The Morgan fingerprint density at radius 3 is 2.66 bits per heavy atom. The summed E-state index contributed by atoms with van der Waals surface area (Å²) < 4.78 is 16.1. The summed E-state index contributed by atoms with van der Waals surface area (Å²) in [5, 5.41) is 11.3. The molecule has 1 aliphatic rings. The third-order valence-electron chi connectivity index (χ3n) is 5.48. The van der Waals surface area contributed by atoms with Crippen molar-refractivity contribution in [2.24, 2.45) is 0 Å². The lowest BCUT2D eigenvalue weighted by atomic mass is 9.79. The fraction of sp³-hybridized carbons (Fsp3) is 0.478. The number of carbonyl (C=O) groups excluding carboxylic acids is 1. The minimum Gasteiger partial charge on any atom is -0.485 e. The number of rotatable bonds is 5. The summed E-state index contributed by atoms with van der Waals surface area (Å²) in [5.74, 6) is 0.233. The van der Waals surface area contributed by atoms with Gasteiger partial charge in [-0.3, -0.25) is 4.79 Å². The average molecular weight is 441 g/mol. The maximum Gasteiger partial charge on any atom is 0.336 e. The van der Waals surface area contributed by atoms with E-state index in [2.05, 4.69) is 48.5 Å². The first-order valence-corrected chi connectivity index (χ1v) is 10.6. The summed E-state index contributed by atoms with van der Waals surface area (Å²) in [6.07, 6.45) is 1.59. The number of benzene rings is 1. The van der Waals surface area contributed by atoms with Crippen molar-refractivity contribution in [1.29, 1.82) is 0 Å². The van der Waals surface area contributed by atoms with Crippen molar-refractivity contribution in [2.45, 2.75) is 71.2 Å². The summed E-state index contributed by atoms with van der Waals surface area (Å²) in [4.78, 5) is 28.4. The monoisotopic (exact) mass is 440 g/mol. The van der Waals surface area contributed by atoms with Gasteiger partial charge >= 0.3 is 17.4 Å². The predicted molar refractivity (Wildman–Crippen MR) is 118 cm³/mol. The van der Waals surface area contributed by atoms with Crippen LogP contribution < -0.4 is 21.0 Å². The largest absolute Gasteiger partial charge is 0.485 e. The van der Waals surface area contributed by atoms with Crippen LogP contribution in [0, 0.1) is 6.92 Å². The zero-order valence-electron chi connectivity index (χ0n) is 18.9. The molecule has 0 spiro atoms. The number of fused-ring (bicyclic) bond motifs is 1. The highest BCUT2D eigenvalue weighted by atomic mass is 16.5. The van der Waals surface area contributed by atoms with Gasteiger partial charge < -0.3 is 24.3 Å². The molecule has 0 aliphatic carbocycles. The molecule has 4 rings (SSSR count). The van der Waals surface area contributed by atoms with Crippen LogP contribution in [-0.2, 0) is 6.61 Å². The van der Waals surface area contributed by atoms with Gasteiger partial charge in [-0.1, -0.05) is 5.16 Å². The SMILES string of the molecule is Cc1cc(=O)oc2cc(OCc3noc(C(=O)NC4CC(C)(C)NC(C)(C)C4)n3)ccc12. The van der Waals surface area contributed by atoms with E-state index < -0.39 is 11.5 Å². The molecule has 1 fully saturated rings. The van der Waals surface area contributed by atoms with Crippen LogP contribution in [0.3, 0.4) is 0 Å². The number of nitrogens with one attached hydrogen (secondary N) is 2. The van der Waals surface area contributed by atoms with Gasteiger partial charge in [0.15, 0.2) is 6.61 Å². The minimum atomic E-state index is -0.415. The van der Waals surface area contributed by atoms with Crippen LogP contribution in [0.25, 0.3) is 11.0 Å². The van der Waals surface area contributed by atoms with Crippen LogP contribution in [-0.4, -0.2) is 33.2 Å². The molecule has 2 aromatic heterocycles. The van der Waals surface area contributed by atoms with Crippen molar-refractivity contribution in [3.8, 4) is 5.75 Å². The highest BCUT2D eigenvalue weighted by Crippen LogP contribution is 2.28. The number of aryl methyl sites for hydroxylation is 1. The Balaban J connectivity index is 1.39. The van der Waals surface area contributed by atoms with E-state index in [1.54, 1.807) is 12.1 Å². The van der Waals surface area contributed by atoms with E-state index in [9.17, 15) is 9.59 Å². The normalized spacial score (nSPS) is 17.9. The van der Waals surface area contributed by atoms with Gasteiger partial charge in [0.05, 0.1) is 0 Å². The van der Waals surface area contributed by atoms with Crippen molar-refractivity contribution >= 4 is 16.9 Å². The second-order valence-electron chi connectivity index (χ2n) is 9.68. The molecule has 1 amide bonds. The molecule has 0 radical (unpaired) electrons. The van der Waals surface area contributed by atoms with Crippen LogP contribution in [0.4, 0.5) is 0 Å². The van der Waals surface area contributed by atoms with E-state index in [-0.39, 0.29) is 35.4 Å². The quantitative estimate of drug-likeness (QED) is 0.581. The van der Waals surface area contributed by atoms with Crippen LogP contribution in [0.2, 0.25) is 0 Å². The lowest BCUT2D eigenvalue weighted by Crippen LogP contribution is -2.62. The van der Waals surface area contributed by atoms with Gasteiger partial charge in [0.2, 0.25) is 5.82 Å². The van der Waals surface area contributed by atoms with Crippen molar-refractivity contribution in [3.63, 3.8) is 0 Å². The first kappa shape index (κ1) is 22.0. The summed E-state index contributed by atoms with van der Waals surface area (Å²) in [6, 6.07) is 6.67. The van der Waals surface area contributed by atoms with E-state index in [0.29, 0.717) is 11.3 Å². The van der Waals surface area contributed by atoms with Gasteiger partial charge in [0.1, 0.15) is 11.3 Å². The van der Waals surface area contributed by atoms with Crippen molar-refractivity contribution in [1.82, 2.24) is 20.8 Å². The van der Waals surface area contributed by atoms with Crippen molar-refractivity contribution < 1.29 is 18.5 Å². The van der Waals surface area contributed by atoms with Gasteiger partial charge in [-0.2, -0.15) is 4.98 Å². The number of piperidine rings is 1. The topological polar surface area (TPSA) is 119 Å². The lowest BCUT2D eigenvalue weighted by Gasteiger charge is -2.46. The molecule has 9 heteroatoms. The molecule has 0 saturated carbocycles. The summed E-state index contributed by atoms with van der Waals surface area (Å²) >= 11 is 0. The maximum absolute atomic E-state index is 12.6. The smallest absolute Gasteiger partial charge is 0.336 e. The fourth-order valence-corrected chi connectivity index (χ4v) is 4.62. The van der Waals surface area contributed by atoms with Crippen LogP contribution in [0.15, 0.2) is 38.0 Å². The first-order valence-electron chi connectivity index (χ1n) is 10.6. The lowest BCUT2D eigenvalue weighted by molar-refractivity contribution is 0.0830. The molecule has 0 unspecified atom stereocenters. The van der Waals surface area contributed by atoms with E-state index >= 15 is 0 Å². The highest BCUT2D eigenvalue weighted by molar-refractivity contribution is 5.89. The standard InChI is InChI=1S/C23H28N4O5/c1-13-8-19(28)31-17-9-15(6-7-16(13)17)30-12-18-25-21(32-26-18)20(29)24-14-10-22(2,3)27-23(4,5)11-14/h6-9,14,27H,10-12H2,1-5H3,(H,24,29). The Morgan fingerprint density at radius 1 is 1.22 bits per heavy atom. The van der Waals surface area contributed by atoms with Crippen LogP contribution in [0.1, 0.15) is 62.6 Å². The van der Waals surface area contributed by atoms with Gasteiger partial charge in [0.25, 0.3) is 0 Å². The fourth-order valence-electron chi connectivity index (χ4n) is 4.62. The van der Waals surface area contributed by atoms with Crippen LogP contribution in [0.5, 0.6) is 5.75 Å². The zero-order valence-corrected chi connectivity index (χ0v) is 18.9. The Hall–Kier alpha value is -3.20. The number of hydrogen-bond donors (Lipinski definition) is 2. The van der Waals surface area contributed by atoms with E-state index in [4.69, 9.17) is 13.7 Å². The zero-order chi connectivity index (χ0) is 23.1. The van der Waals surface area contributed by atoms with Gasteiger partial charge in [-0.25, -0.2) is 4.79 Å². The van der Waals surface area contributed by atoms with E-state index in [1.807, 2.05) is 13.0 Å². The Bertz CT molecular complexity index is 1190. The summed E-state index contributed by atoms with van der Waals surface area (Å²) in [5.41, 5.74) is 0.669. The summed E-state index contributed by atoms with van der Waals surface area (Å²) in [6.45, 7) is 10.3. The third kappa shape index (κ3) is 4.99. The Morgan fingerprint density at radius 2 is 1.94 bits per heavy atom. The van der Waals surface area contributed by atoms with Crippen LogP contribution >= 0.6 is 0 Å².